The minimum atomic E-state index is 0.0932. The normalized spacial score (nSPS) is 15.2. The molecule has 5 heteroatoms. The van der Waals surface area contributed by atoms with Crippen molar-refractivity contribution in [3.05, 3.63) is 23.0 Å². The molecule has 1 aromatic heterocycles. The van der Waals surface area contributed by atoms with Crippen LogP contribution in [0.25, 0.3) is 0 Å². The summed E-state index contributed by atoms with van der Waals surface area (Å²) in [4.78, 5) is 28.8. The number of carbonyl (C=O) groups is 2. The topological polar surface area (TPSA) is 45.6 Å². The van der Waals surface area contributed by atoms with Crippen LogP contribution in [0.3, 0.4) is 0 Å². The molecular formula is C19H31N3O2. The number of hydrogen-bond acceptors (Lipinski definition) is 2. The van der Waals surface area contributed by atoms with Gasteiger partial charge in [0.15, 0.2) is 0 Å². The van der Waals surface area contributed by atoms with Crippen LogP contribution < -0.4 is 0 Å². The highest BCUT2D eigenvalue weighted by atomic mass is 16.2. The molecular weight excluding hydrogens is 302 g/mol. The van der Waals surface area contributed by atoms with Gasteiger partial charge >= 0.3 is 0 Å². The summed E-state index contributed by atoms with van der Waals surface area (Å²) in [5.74, 6) is 0.317. The minimum Gasteiger partial charge on any atom is -0.346 e. The molecule has 0 bridgehead atoms. The summed E-state index contributed by atoms with van der Waals surface area (Å²) in [7, 11) is 0. The van der Waals surface area contributed by atoms with Gasteiger partial charge in [0.2, 0.25) is 5.91 Å². The van der Waals surface area contributed by atoms with Crippen molar-refractivity contribution in [1.82, 2.24) is 14.4 Å². The Morgan fingerprint density at radius 1 is 1.08 bits per heavy atom. The van der Waals surface area contributed by atoms with E-state index in [1.54, 1.807) is 0 Å². The smallest absolute Gasteiger partial charge is 0.255 e. The SMILES string of the molecule is CCCCC(=O)N1CCN(C(=O)c2cc(C)n(C(C)C)c2C)CC1. The molecule has 1 saturated heterocycles. The first-order chi connectivity index (χ1) is 11.4. The van der Waals surface area contributed by atoms with Crippen molar-refractivity contribution in [2.45, 2.75) is 59.9 Å². The lowest BCUT2D eigenvalue weighted by Gasteiger charge is -2.35. The Hall–Kier alpha value is -1.78. The molecule has 0 aromatic carbocycles. The lowest BCUT2D eigenvalue weighted by molar-refractivity contribution is -0.132. The van der Waals surface area contributed by atoms with Crippen LogP contribution in [0.15, 0.2) is 6.07 Å². The van der Waals surface area contributed by atoms with Crippen molar-refractivity contribution < 1.29 is 9.59 Å². The van der Waals surface area contributed by atoms with Crippen molar-refractivity contribution in [3.63, 3.8) is 0 Å². The summed E-state index contributed by atoms with van der Waals surface area (Å²) in [6, 6.07) is 2.34. The van der Waals surface area contributed by atoms with Gasteiger partial charge in [0.25, 0.3) is 5.91 Å². The van der Waals surface area contributed by atoms with Gasteiger partial charge < -0.3 is 14.4 Å². The number of aryl methyl sites for hydroxylation is 1. The molecule has 1 aliphatic rings. The fourth-order valence-electron chi connectivity index (χ4n) is 3.60. The first-order valence-corrected chi connectivity index (χ1v) is 9.12. The quantitative estimate of drug-likeness (QED) is 0.831. The van der Waals surface area contributed by atoms with Gasteiger partial charge in [-0.2, -0.15) is 0 Å². The predicted molar refractivity (Wildman–Crippen MR) is 96.3 cm³/mol. The lowest BCUT2D eigenvalue weighted by atomic mass is 10.1. The van der Waals surface area contributed by atoms with E-state index in [2.05, 4.69) is 25.3 Å². The standard InChI is InChI=1S/C19H31N3O2/c1-6-7-8-18(23)20-9-11-21(12-10-20)19(24)17-13-15(4)22(14(2)3)16(17)5/h13-14H,6-12H2,1-5H3. The van der Waals surface area contributed by atoms with Gasteiger partial charge in [-0.05, 0) is 40.2 Å². The Kier molecular flexibility index (Phi) is 6.08. The summed E-state index contributed by atoms with van der Waals surface area (Å²) >= 11 is 0. The molecule has 1 aromatic rings. The summed E-state index contributed by atoms with van der Waals surface area (Å²) in [6.45, 7) is 13.0. The average Bonchev–Trinajstić information content (AvgIpc) is 2.86. The van der Waals surface area contributed by atoms with Crippen molar-refractivity contribution in [1.29, 1.82) is 0 Å². The number of aromatic nitrogens is 1. The molecule has 1 fully saturated rings. The highest BCUT2D eigenvalue weighted by molar-refractivity contribution is 5.96. The largest absolute Gasteiger partial charge is 0.346 e. The first-order valence-electron chi connectivity index (χ1n) is 9.12. The third-order valence-electron chi connectivity index (χ3n) is 4.89. The van der Waals surface area contributed by atoms with Crippen molar-refractivity contribution in [2.24, 2.45) is 0 Å². The zero-order valence-corrected chi connectivity index (χ0v) is 15.8. The van der Waals surface area contributed by atoms with Crippen LogP contribution in [0.1, 0.15) is 67.8 Å². The van der Waals surface area contributed by atoms with Gasteiger partial charge in [-0.25, -0.2) is 0 Å². The first kappa shape index (κ1) is 18.6. The van der Waals surface area contributed by atoms with Crippen LogP contribution in [0.5, 0.6) is 0 Å². The monoisotopic (exact) mass is 333 g/mol. The van der Waals surface area contributed by atoms with E-state index in [-0.39, 0.29) is 11.8 Å². The molecule has 0 aliphatic carbocycles. The van der Waals surface area contributed by atoms with E-state index in [4.69, 9.17) is 0 Å². The number of amides is 2. The molecule has 2 heterocycles. The maximum atomic E-state index is 12.9. The van der Waals surface area contributed by atoms with Gasteiger partial charge in [0.05, 0.1) is 5.56 Å². The Balaban J connectivity index is 2.01. The molecule has 1 aliphatic heterocycles. The second kappa shape index (κ2) is 7.86. The van der Waals surface area contributed by atoms with Gasteiger partial charge in [-0.15, -0.1) is 0 Å². The van der Waals surface area contributed by atoms with E-state index in [0.29, 0.717) is 38.6 Å². The summed E-state index contributed by atoms with van der Waals surface area (Å²) in [5, 5.41) is 0. The maximum absolute atomic E-state index is 12.9. The number of nitrogens with zero attached hydrogens (tertiary/aromatic N) is 3. The summed E-state index contributed by atoms with van der Waals surface area (Å²) in [6.07, 6.45) is 2.61. The van der Waals surface area contributed by atoms with Crippen LogP contribution in [0, 0.1) is 13.8 Å². The van der Waals surface area contributed by atoms with Crippen molar-refractivity contribution in [2.75, 3.05) is 26.2 Å². The van der Waals surface area contributed by atoms with E-state index in [1.165, 1.54) is 0 Å². The van der Waals surface area contributed by atoms with E-state index >= 15 is 0 Å². The minimum absolute atomic E-state index is 0.0932. The van der Waals surface area contributed by atoms with Gasteiger partial charge in [-0.3, -0.25) is 9.59 Å². The van der Waals surface area contributed by atoms with E-state index in [1.807, 2.05) is 29.7 Å². The number of carbonyl (C=O) groups excluding carboxylic acids is 2. The van der Waals surface area contributed by atoms with Gasteiger partial charge in [0, 0.05) is 50.0 Å². The molecule has 0 radical (unpaired) electrons. The molecule has 24 heavy (non-hydrogen) atoms. The predicted octanol–water partition coefficient (Wildman–Crippen LogP) is 3.16. The van der Waals surface area contributed by atoms with Crippen molar-refractivity contribution >= 4 is 11.8 Å². The average molecular weight is 333 g/mol. The number of hydrogen-bond donors (Lipinski definition) is 0. The molecule has 5 nitrogen and oxygen atoms in total. The molecule has 0 saturated carbocycles. The van der Waals surface area contributed by atoms with Crippen LogP contribution >= 0.6 is 0 Å². The second-order valence-corrected chi connectivity index (χ2v) is 7.03. The highest BCUT2D eigenvalue weighted by Crippen LogP contribution is 2.22. The highest BCUT2D eigenvalue weighted by Gasteiger charge is 2.27. The summed E-state index contributed by atoms with van der Waals surface area (Å²) in [5.41, 5.74) is 2.96. The van der Waals surface area contributed by atoms with Crippen LogP contribution in [-0.2, 0) is 4.79 Å². The fourth-order valence-corrected chi connectivity index (χ4v) is 3.60. The Bertz CT molecular complexity index is 596. The molecule has 0 N–H and O–H groups in total. The third kappa shape index (κ3) is 3.82. The third-order valence-corrected chi connectivity index (χ3v) is 4.89. The number of rotatable bonds is 5. The lowest BCUT2D eigenvalue weighted by Crippen LogP contribution is -2.50. The van der Waals surface area contributed by atoms with Gasteiger partial charge in [-0.1, -0.05) is 13.3 Å². The fraction of sp³-hybridized carbons (Fsp3) is 0.684. The van der Waals surface area contributed by atoms with Crippen molar-refractivity contribution in [3.8, 4) is 0 Å². The molecule has 0 spiro atoms. The van der Waals surface area contributed by atoms with E-state index in [9.17, 15) is 9.59 Å². The Morgan fingerprint density at radius 2 is 1.67 bits per heavy atom. The van der Waals surface area contributed by atoms with E-state index in [0.717, 1.165) is 29.8 Å². The summed E-state index contributed by atoms with van der Waals surface area (Å²) < 4.78 is 2.21. The molecule has 0 atom stereocenters. The number of piperazine rings is 1. The molecule has 134 valence electrons. The number of unbranched alkanes of at least 4 members (excludes halogenated alkanes) is 1. The zero-order valence-electron chi connectivity index (χ0n) is 15.8. The maximum Gasteiger partial charge on any atom is 0.255 e. The van der Waals surface area contributed by atoms with Gasteiger partial charge in [0.1, 0.15) is 0 Å². The van der Waals surface area contributed by atoms with E-state index < -0.39 is 0 Å². The zero-order chi connectivity index (χ0) is 17.9. The second-order valence-electron chi connectivity index (χ2n) is 7.03. The molecule has 2 amide bonds. The van der Waals surface area contributed by atoms with Crippen LogP contribution in [0.2, 0.25) is 0 Å². The molecule has 2 rings (SSSR count). The Morgan fingerprint density at radius 3 is 2.17 bits per heavy atom. The van der Waals surface area contributed by atoms with Crippen LogP contribution in [0.4, 0.5) is 0 Å². The molecule has 0 unspecified atom stereocenters. The van der Waals surface area contributed by atoms with Crippen LogP contribution in [-0.4, -0.2) is 52.4 Å². The Labute approximate surface area is 145 Å².